The van der Waals surface area contributed by atoms with Crippen molar-refractivity contribution < 1.29 is 43.7 Å². The molecule has 1 aromatic carbocycles. The van der Waals surface area contributed by atoms with Crippen molar-refractivity contribution in [1.29, 1.82) is 0 Å². The second-order valence-corrected chi connectivity index (χ2v) is 4.64. The van der Waals surface area contributed by atoms with Gasteiger partial charge in [-0.25, -0.2) is 0 Å². The van der Waals surface area contributed by atoms with Crippen LogP contribution in [-0.4, -0.2) is 41.0 Å². The van der Waals surface area contributed by atoms with E-state index in [2.05, 4.69) is 4.74 Å². The molecular weight excluding hydrogens is 300 g/mol. The Kier molecular flexibility index (Phi) is 4.68. The first-order valence-electron chi connectivity index (χ1n) is 6.58. The number of hydrogen-bond donors (Lipinski definition) is 3. The fourth-order valence-corrected chi connectivity index (χ4v) is 2.11. The number of hydrogen-bond acceptors (Lipinski definition) is 9. The summed E-state index contributed by atoms with van der Waals surface area (Å²) in [6.07, 6.45) is -2.51. The van der Waals surface area contributed by atoms with Gasteiger partial charge in [-0.15, -0.1) is 0 Å². The van der Waals surface area contributed by atoms with E-state index in [4.69, 9.17) is 23.7 Å². The standard InChI is InChI=1S/C13H16O9/c1-6-17-9(19-11(14)18-6)7-3-2-4-8(5-7)10-20-12(15)22-13(16)21-10/h2-6,9-16H,1H3. The van der Waals surface area contributed by atoms with Gasteiger partial charge in [0.25, 0.3) is 19.4 Å². The Balaban J connectivity index is 1.77. The topological polar surface area (TPSA) is 116 Å². The molecule has 2 saturated heterocycles. The third-order valence-electron chi connectivity index (χ3n) is 3.03. The quantitative estimate of drug-likeness (QED) is 0.692. The summed E-state index contributed by atoms with van der Waals surface area (Å²) in [6, 6.07) is 6.69. The second kappa shape index (κ2) is 6.54. The normalized spacial score (nSPS) is 39.6. The lowest BCUT2D eigenvalue weighted by Gasteiger charge is -2.33. The van der Waals surface area contributed by atoms with Crippen LogP contribution in [0.4, 0.5) is 0 Å². The maximum atomic E-state index is 9.44. The fraction of sp³-hybridized carbons (Fsp3) is 0.538. The van der Waals surface area contributed by atoms with E-state index in [1.54, 1.807) is 31.2 Å². The van der Waals surface area contributed by atoms with Crippen LogP contribution in [-0.2, 0) is 28.4 Å². The Morgan fingerprint density at radius 1 is 0.727 bits per heavy atom. The van der Waals surface area contributed by atoms with E-state index in [9.17, 15) is 15.3 Å². The number of aliphatic hydroxyl groups excluding tert-OH is 3. The second-order valence-electron chi connectivity index (χ2n) is 4.64. The van der Waals surface area contributed by atoms with E-state index in [0.717, 1.165) is 0 Å². The third kappa shape index (κ3) is 3.60. The molecule has 3 N–H and O–H groups in total. The SMILES string of the molecule is CC1OC(O)OC(c2cccc(C3OC(O)OC(O)O3)c2)O1. The molecule has 0 saturated carbocycles. The average molecular weight is 316 g/mol. The summed E-state index contributed by atoms with van der Waals surface area (Å²) in [7, 11) is 0. The molecule has 0 aromatic heterocycles. The van der Waals surface area contributed by atoms with Crippen LogP contribution in [0.1, 0.15) is 30.6 Å². The molecule has 1 aromatic rings. The largest absolute Gasteiger partial charge is 0.346 e. The predicted octanol–water partition coefficient (Wildman–Crippen LogP) is -0.0157. The van der Waals surface area contributed by atoms with Crippen molar-refractivity contribution in [2.75, 3.05) is 0 Å². The Morgan fingerprint density at radius 3 is 1.77 bits per heavy atom. The number of rotatable bonds is 2. The molecule has 2 heterocycles. The summed E-state index contributed by atoms with van der Waals surface area (Å²) < 4.78 is 30.0. The summed E-state index contributed by atoms with van der Waals surface area (Å²) in [4.78, 5) is 0. The van der Waals surface area contributed by atoms with Crippen molar-refractivity contribution in [3.8, 4) is 0 Å². The van der Waals surface area contributed by atoms with Gasteiger partial charge in [-0.1, -0.05) is 18.2 Å². The lowest BCUT2D eigenvalue weighted by molar-refractivity contribution is -0.482. The first kappa shape index (κ1) is 15.7. The number of benzene rings is 1. The van der Waals surface area contributed by atoms with Gasteiger partial charge in [0.15, 0.2) is 18.9 Å². The highest BCUT2D eigenvalue weighted by molar-refractivity contribution is 5.25. The summed E-state index contributed by atoms with van der Waals surface area (Å²) in [5.41, 5.74) is 1.08. The van der Waals surface area contributed by atoms with Gasteiger partial charge in [0.2, 0.25) is 0 Å². The van der Waals surface area contributed by atoms with Gasteiger partial charge < -0.3 is 24.8 Å². The fourth-order valence-electron chi connectivity index (χ4n) is 2.11. The van der Waals surface area contributed by atoms with Gasteiger partial charge in [0, 0.05) is 11.1 Å². The lowest BCUT2D eigenvalue weighted by atomic mass is 10.1. The average Bonchev–Trinajstić information content (AvgIpc) is 2.45. The van der Waals surface area contributed by atoms with Crippen molar-refractivity contribution in [3.05, 3.63) is 35.4 Å². The molecule has 0 bridgehead atoms. The maximum absolute atomic E-state index is 9.44. The van der Waals surface area contributed by atoms with E-state index in [-0.39, 0.29) is 0 Å². The first-order valence-corrected chi connectivity index (χ1v) is 6.58. The number of aliphatic hydroxyl groups is 3. The summed E-state index contributed by atoms with van der Waals surface area (Å²) >= 11 is 0. The van der Waals surface area contributed by atoms with Crippen LogP contribution in [0.2, 0.25) is 0 Å². The molecule has 0 spiro atoms. The van der Waals surface area contributed by atoms with E-state index in [1.807, 2.05) is 0 Å². The van der Waals surface area contributed by atoms with Crippen molar-refractivity contribution >= 4 is 0 Å². The van der Waals surface area contributed by atoms with Crippen LogP contribution in [0.3, 0.4) is 0 Å². The van der Waals surface area contributed by atoms with Crippen molar-refractivity contribution in [1.82, 2.24) is 0 Å². The van der Waals surface area contributed by atoms with Crippen molar-refractivity contribution in [2.24, 2.45) is 0 Å². The van der Waals surface area contributed by atoms with Gasteiger partial charge in [0.05, 0.1) is 0 Å². The molecule has 5 atom stereocenters. The van der Waals surface area contributed by atoms with E-state index < -0.39 is 38.3 Å². The van der Waals surface area contributed by atoms with Gasteiger partial charge in [-0.3, -0.25) is 18.9 Å². The Morgan fingerprint density at radius 2 is 1.23 bits per heavy atom. The van der Waals surface area contributed by atoms with E-state index >= 15 is 0 Å². The minimum absolute atomic E-state index is 0.500. The van der Waals surface area contributed by atoms with Crippen LogP contribution in [0.25, 0.3) is 0 Å². The molecule has 9 heteroatoms. The Bertz CT molecular complexity index is 449. The molecule has 0 amide bonds. The zero-order valence-electron chi connectivity index (χ0n) is 11.6. The van der Waals surface area contributed by atoms with E-state index in [0.29, 0.717) is 11.1 Å². The highest BCUT2D eigenvalue weighted by atomic mass is 17.0. The molecule has 22 heavy (non-hydrogen) atoms. The van der Waals surface area contributed by atoms with Crippen LogP contribution in [0.5, 0.6) is 0 Å². The van der Waals surface area contributed by atoms with Gasteiger partial charge in [-0.05, 0) is 13.0 Å². The summed E-state index contributed by atoms with van der Waals surface area (Å²) in [6.45, 7) is -2.97. The van der Waals surface area contributed by atoms with Gasteiger partial charge in [-0.2, -0.15) is 0 Å². The Hall–Kier alpha value is -1.14. The molecule has 2 aliphatic heterocycles. The van der Waals surface area contributed by atoms with Crippen molar-refractivity contribution in [2.45, 2.75) is 45.2 Å². The molecule has 2 fully saturated rings. The molecule has 9 nitrogen and oxygen atoms in total. The smallest absolute Gasteiger partial charge is 0.275 e. The van der Waals surface area contributed by atoms with Gasteiger partial charge in [0.1, 0.15) is 0 Å². The minimum atomic E-state index is -1.60. The molecule has 2 aliphatic rings. The van der Waals surface area contributed by atoms with Gasteiger partial charge >= 0.3 is 0 Å². The van der Waals surface area contributed by atoms with Crippen LogP contribution in [0.15, 0.2) is 24.3 Å². The molecule has 3 rings (SSSR count). The predicted molar refractivity (Wildman–Crippen MR) is 65.9 cm³/mol. The molecule has 0 aliphatic carbocycles. The molecule has 122 valence electrons. The summed E-state index contributed by atoms with van der Waals surface area (Å²) in [5.74, 6) is 0. The van der Waals surface area contributed by atoms with Crippen LogP contribution < -0.4 is 0 Å². The van der Waals surface area contributed by atoms with Crippen LogP contribution >= 0.6 is 0 Å². The molecule has 0 radical (unpaired) electrons. The van der Waals surface area contributed by atoms with E-state index in [1.165, 1.54) is 0 Å². The highest BCUT2D eigenvalue weighted by Crippen LogP contribution is 2.32. The zero-order chi connectivity index (χ0) is 15.7. The van der Waals surface area contributed by atoms with Crippen LogP contribution in [0, 0.1) is 0 Å². The zero-order valence-corrected chi connectivity index (χ0v) is 11.6. The third-order valence-corrected chi connectivity index (χ3v) is 3.03. The minimum Gasteiger partial charge on any atom is -0.346 e. The lowest BCUT2D eigenvalue weighted by Crippen LogP contribution is -2.36. The maximum Gasteiger partial charge on any atom is 0.275 e. The molecule has 5 unspecified atom stereocenters. The van der Waals surface area contributed by atoms with Crippen molar-refractivity contribution in [3.63, 3.8) is 0 Å². The Labute approximate surface area is 125 Å². The summed E-state index contributed by atoms with van der Waals surface area (Å²) in [5, 5.41) is 28.1. The number of ether oxygens (including phenoxy) is 6. The monoisotopic (exact) mass is 316 g/mol. The molecular formula is C13H16O9. The first-order chi connectivity index (χ1) is 10.5. The highest BCUT2D eigenvalue weighted by Gasteiger charge is 2.31.